The van der Waals surface area contributed by atoms with Crippen molar-refractivity contribution in [3.63, 3.8) is 0 Å². The van der Waals surface area contributed by atoms with Crippen LogP contribution in [0.15, 0.2) is 0 Å². The average Bonchev–Trinajstić information content (AvgIpc) is 0.918. The molecule has 0 aromatic heterocycles. The smallest absolute Gasteiger partial charge is 2.00 e. The van der Waals surface area contributed by atoms with Crippen LogP contribution in [0.3, 0.4) is 0 Å². The summed E-state index contributed by atoms with van der Waals surface area (Å²) in [4.78, 5) is 0. The van der Waals surface area contributed by atoms with Gasteiger partial charge < -0.3 is 11.0 Å². The monoisotopic (exact) mass is 280 g/mol. The minimum absolute atomic E-state index is 0. The molecule has 0 aliphatic carbocycles. The maximum absolute atomic E-state index is 8.40. The van der Waals surface area contributed by atoms with Gasteiger partial charge in [-0.1, -0.05) is 0 Å². The van der Waals surface area contributed by atoms with Gasteiger partial charge in [-0.2, -0.15) is 0 Å². The fourth-order valence-corrected chi connectivity index (χ4v) is 0. The molecule has 7 heteroatoms. The van der Waals surface area contributed by atoms with E-state index in [1.807, 2.05) is 0 Å². The third kappa shape index (κ3) is 79.6. The fraction of sp³-hybridized carbons (Fsp3) is 0. The maximum Gasteiger partial charge on any atom is 4.00 e. The zero-order valence-electron chi connectivity index (χ0n) is 3.13. The summed E-state index contributed by atoms with van der Waals surface area (Å²) in [6, 6.07) is 0. The van der Waals surface area contributed by atoms with Gasteiger partial charge in [0.15, 0.2) is 0 Å². The molecule has 33 valence electrons. The van der Waals surface area contributed by atoms with Gasteiger partial charge >= 0.3 is 72.8 Å². The molecule has 0 aromatic rings. The zero-order valence-corrected chi connectivity index (χ0v) is 8.83. The van der Waals surface area contributed by atoms with E-state index in [9.17, 15) is 0 Å². The second kappa shape index (κ2) is 45.6. The van der Waals surface area contributed by atoms with Crippen LogP contribution >= 0.6 is 0 Å². The van der Waals surface area contributed by atoms with Gasteiger partial charge in [-0.15, -0.1) is 0 Å². The molecule has 0 rings (SSSR count). The van der Waals surface area contributed by atoms with Crippen molar-refractivity contribution in [3.05, 3.63) is 0 Å². The molecule has 0 aliphatic rings. The Bertz CT molecular complexity index is 32.7. The molecule has 0 amide bonds. The summed E-state index contributed by atoms with van der Waals surface area (Å²) in [6.45, 7) is 0. The van der Waals surface area contributed by atoms with Crippen molar-refractivity contribution in [2.75, 3.05) is 0 Å². The van der Waals surface area contributed by atoms with Crippen molar-refractivity contribution >= 4 is 9.29 Å². The first-order chi connectivity index (χ1) is 1.41. The van der Waals surface area contributed by atoms with Gasteiger partial charge in [-0.05, 0) is 0 Å². The van der Waals surface area contributed by atoms with E-state index in [-0.39, 0.29) is 74.4 Å². The Morgan fingerprint density at radius 2 is 1.00 bits per heavy atom. The summed E-state index contributed by atoms with van der Waals surface area (Å²) >= 11 is 0. The van der Waals surface area contributed by atoms with Gasteiger partial charge in [0.05, 0.1) is 0 Å². The molecular formula is CeO4SiTi+3. The van der Waals surface area contributed by atoms with Gasteiger partial charge in [-0.25, -0.2) is 0 Å². The molecule has 0 unspecified atom stereocenters. The van der Waals surface area contributed by atoms with Crippen LogP contribution in [-0.2, 0) is 41.6 Å². The van der Waals surface area contributed by atoms with Crippen molar-refractivity contribution in [1.82, 2.24) is 0 Å². The Balaban J connectivity index is -0.00000000333. The predicted molar refractivity (Wildman–Crippen MR) is 8.50 cm³/mol. The first kappa shape index (κ1) is 36.9. The molecule has 0 aliphatic heterocycles. The van der Waals surface area contributed by atoms with E-state index in [2.05, 4.69) is 0 Å². The Labute approximate surface area is 91.3 Å². The SMILES string of the molecule is O=[Si]=O.[Ce+3].[O-2].[O-2].[Ti+4]. The molecule has 7 heavy (non-hydrogen) atoms. The Morgan fingerprint density at radius 1 is 1.00 bits per heavy atom. The van der Waals surface area contributed by atoms with Crippen molar-refractivity contribution in [2.45, 2.75) is 0 Å². The van der Waals surface area contributed by atoms with E-state index in [0.717, 1.165) is 0 Å². The minimum Gasteiger partial charge on any atom is -2.00 e. The second-order valence-corrected chi connectivity index (χ2v) is 0.250. The van der Waals surface area contributed by atoms with Crippen molar-refractivity contribution in [3.8, 4) is 0 Å². The van der Waals surface area contributed by atoms with Crippen molar-refractivity contribution < 1.29 is 83.3 Å². The van der Waals surface area contributed by atoms with Crippen LogP contribution in [0.1, 0.15) is 0 Å². The standard InChI is InChI=1S/Ce.O2Si.2O.Ti/c;1-3-2;;;/q+3;;2*-2;+4. The van der Waals surface area contributed by atoms with Gasteiger partial charge in [0.2, 0.25) is 0 Å². The van der Waals surface area contributed by atoms with Gasteiger partial charge in [0.25, 0.3) is 0 Å². The van der Waals surface area contributed by atoms with E-state index >= 15 is 0 Å². The molecule has 4 nitrogen and oxygen atoms in total. The topological polar surface area (TPSA) is 91.1 Å². The van der Waals surface area contributed by atoms with Crippen LogP contribution in [-0.4, -0.2) is 9.29 Å². The molecule has 1 radical (unpaired) electrons. The molecule has 0 N–H and O–H groups in total. The predicted octanol–water partition coefficient (Wildman–Crippen LogP) is -0.859. The molecule has 0 saturated carbocycles. The van der Waals surface area contributed by atoms with Crippen LogP contribution in [0.4, 0.5) is 0 Å². The molecule has 0 heterocycles. The molecular weight excluding hydrogens is 280 g/mol. The Morgan fingerprint density at radius 3 is 1.00 bits per heavy atom. The summed E-state index contributed by atoms with van der Waals surface area (Å²) in [7, 11) is -1.42. The summed E-state index contributed by atoms with van der Waals surface area (Å²) in [5.74, 6) is 0. The second-order valence-electron chi connectivity index (χ2n) is 0.0833. The summed E-state index contributed by atoms with van der Waals surface area (Å²) in [5.41, 5.74) is 0. The van der Waals surface area contributed by atoms with Crippen LogP contribution < -0.4 is 0 Å². The third-order valence-electron chi connectivity index (χ3n) is 0. The van der Waals surface area contributed by atoms with E-state index in [1.54, 1.807) is 0 Å². The van der Waals surface area contributed by atoms with Crippen LogP contribution in [0, 0.1) is 41.7 Å². The van der Waals surface area contributed by atoms with Gasteiger partial charge in [-0.3, -0.25) is 8.92 Å². The number of hydrogen-bond acceptors (Lipinski definition) is 2. The first-order valence-electron chi connectivity index (χ1n) is 0.408. The summed E-state index contributed by atoms with van der Waals surface area (Å²) in [5, 5.41) is 0. The largest absolute Gasteiger partial charge is 4.00 e. The molecule has 0 aromatic carbocycles. The molecule has 0 saturated heterocycles. The Kier molecular flexibility index (Phi) is 241. The van der Waals surface area contributed by atoms with Crippen molar-refractivity contribution in [2.24, 2.45) is 0 Å². The van der Waals surface area contributed by atoms with E-state index < -0.39 is 9.29 Å². The Hall–Kier alpha value is 1.83. The summed E-state index contributed by atoms with van der Waals surface area (Å²) < 4.78 is 16.8. The first-order valence-corrected chi connectivity index (χ1v) is 1.22. The van der Waals surface area contributed by atoms with Crippen molar-refractivity contribution in [1.29, 1.82) is 0 Å². The fourth-order valence-electron chi connectivity index (χ4n) is 0. The minimum atomic E-state index is -1.42. The van der Waals surface area contributed by atoms with E-state index in [0.29, 0.717) is 0 Å². The van der Waals surface area contributed by atoms with Gasteiger partial charge in [0, 0.05) is 0 Å². The average molecular weight is 280 g/mol. The van der Waals surface area contributed by atoms with E-state index in [1.165, 1.54) is 0 Å². The van der Waals surface area contributed by atoms with Crippen LogP contribution in [0.2, 0.25) is 0 Å². The zero-order chi connectivity index (χ0) is 2.71. The summed E-state index contributed by atoms with van der Waals surface area (Å²) in [6.07, 6.45) is 0. The van der Waals surface area contributed by atoms with Gasteiger partial charge in [0.1, 0.15) is 0 Å². The maximum atomic E-state index is 8.40. The molecule has 0 atom stereocenters. The molecule has 0 bridgehead atoms. The quantitative estimate of drug-likeness (QED) is 0.540. The molecule has 0 spiro atoms. The molecule has 0 fully saturated rings. The van der Waals surface area contributed by atoms with E-state index in [4.69, 9.17) is 8.92 Å². The van der Waals surface area contributed by atoms with Crippen LogP contribution in [0.25, 0.3) is 0 Å². The van der Waals surface area contributed by atoms with Crippen LogP contribution in [0.5, 0.6) is 0 Å². The normalized spacial score (nSPS) is 1.14. The number of hydrogen-bond donors (Lipinski definition) is 0. The third-order valence-corrected chi connectivity index (χ3v) is 0. The number of rotatable bonds is 0.